The van der Waals surface area contributed by atoms with Gasteiger partial charge in [-0.15, -0.1) is 0 Å². The summed E-state index contributed by atoms with van der Waals surface area (Å²) in [6, 6.07) is 8.23. The second kappa shape index (κ2) is 6.33. The number of phenolic OH excluding ortho intramolecular Hbond substituents is 1. The molecule has 0 aliphatic heterocycles. The van der Waals surface area contributed by atoms with Gasteiger partial charge in [0.15, 0.2) is 11.5 Å². The summed E-state index contributed by atoms with van der Waals surface area (Å²) in [6.45, 7) is 0. The van der Waals surface area contributed by atoms with E-state index in [0.29, 0.717) is 10.8 Å². The molecule has 0 bridgehead atoms. The van der Waals surface area contributed by atoms with Gasteiger partial charge in [0.1, 0.15) is 5.75 Å². The summed E-state index contributed by atoms with van der Waals surface area (Å²) in [7, 11) is -1.05. The molecule has 0 spiro atoms. The standard InChI is InChI=1S/C14H14ClNO5S/c1-20-13-6-4-10(8-14(13)21-2)22(18,19)16-11-7-9(15)3-5-12(11)17/h3-8,16-17H,1-2H3. The first kappa shape index (κ1) is 16.3. The number of hydrogen-bond donors (Lipinski definition) is 2. The maximum absolute atomic E-state index is 12.4. The van der Waals surface area contributed by atoms with Crippen molar-refractivity contribution >= 4 is 27.3 Å². The highest BCUT2D eigenvalue weighted by molar-refractivity contribution is 7.92. The molecule has 2 rings (SSSR count). The molecule has 0 saturated carbocycles. The zero-order valence-corrected chi connectivity index (χ0v) is 13.4. The fourth-order valence-electron chi connectivity index (χ4n) is 1.78. The van der Waals surface area contributed by atoms with Crippen molar-refractivity contribution in [2.45, 2.75) is 4.90 Å². The SMILES string of the molecule is COc1ccc(S(=O)(=O)Nc2cc(Cl)ccc2O)cc1OC. The first-order valence-corrected chi connectivity index (χ1v) is 7.97. The van der Waals surface area contributed by atoms with Crippen molar-refractivity contribution in [3.8, 4) is 17.2 Å². The van der Waals surface area contributed by atoms with Crippen LogP contribution in [0.4, 0.5) is 5.69 Å². The number of aromatic hydroxyl groups is 1. The molecule has 8 heteroatoms. The molecule has 0 radical (unpaired) electrons. The van der Waals surface area contributed by atoms with Gasteiger partial charge in [-0.05, 0) is 30.3 Å². The van der Waals surface area contributed by atoms with Gasteiger partial charge in [0, 0.05) is 11.1 Å². The molecule has 22 heavy (non-hydrogen) atoms. The average Bonchev–Trinajstić information content (AvgIpc) is 2.49. The number of ether oxygens (including phenoxy) is 2. The van der Waals surface area contributed by atoms with E-state index in [0.717, 1.165) is 0 Å². The number of phenols is 1. The minimum absolute atomic E-state index is 0.0118. The van der Waals surface area contributed by atoms with Gasteiger partial charge in [-0.2, -0.15) is 0 Å². The Bertz CT molecular complexity index is 792. The van der Waals surface area contributed by atoms with Crippen molar-refractivity contribution in [2.75, 3.05) is 18.9 Å². The Balaban J connectivity index is 2.40. The Kier molecular flexibility index (Phi) is 4.68. The van der Waals surface area contributed by atoms with Crippen LogP contribution in [-0.4, -0.2) is 27.7 Å². The second-order valence-electron chi connectivity index (χ2n) is 4.28. The zero-order valence-electron chi connectivity index (χ0n) is 11.8. The monoisotopic (exact) mass is 343 g/mol. The predicted octanol–water partition coefficient (Wildman–Crippen LogP) is 2.86. The van der Waals surface area contributed by atoms with E-state index in [4.69, 9.17) is 21.1 Å². The van der Waals surface area contributed by atoms with Crippen LogP contribution in [-0.2, 0) is 10.0 Å². The highest BCUT2D eigenvalue weighted by Crippen LogP contribution is 2.32. The van der Waals surface area contributed by atoms with Gasteiger partial charge in [0.05, 0.1) is 24.8 Å². The van der Waals surface area contributed by atoms with Gasteiger partial charge in [0.2, 0.25) is 0 Å². The van der Waals surface area contributed by atoms with Crippen molar-refractivity contribution in [3.63, 3.8) is 0 Å². The summed E-state index contributed by atoms with van der Waals surface area (Å²) in [5.41, 5.74) is -0.0118. The molecule has 0 aromatic heterocycles. The summed E-state index contributed by atoms with van der Waals surface area (Å²) >= 11 is 5.80. The molecule has 0 unspecified atom stereocenters. The number of anilines is 1. The van der Waals surface area contributed by atoms with Gasteiger partial charge in [-0.1, -0.05) is 11.6 Å². The molecule has 0 atom stereocenters. The lowest BCUT2D eigenvalue weighted by Crippen LogP contribution is -2.13. The number of sulfonamides is 1. The number of halogens is 1. The third-order valence-corrected chi connectivity index (χ3v) is 4.47. The number of methoxy groups -OCH3 is 2. The van der Waals surface area contributed by atoms with Gasteiger partial charge >= 0.3 is 0 Å². The first-order chi connectivity index (χ1) is 10.4. The molecule has 0 amide bonds. The van der Waals surface area contributed by atoms with Crippen LogP contribution in [0.5, 0.6) is 17.2 Å². The zero-order chi connectivity index (χ0) is 16.3. The van der Waals surface area contributed by atoms with Crippen LogP contribution in [0.1, 0.15) is 0 Å². The molecule has 0 aliphatic rings. The van der Waals surface area contributed by atoms with Gasteiger partial charge < -0.3 is 14.6 Å². The third kappa shape index (κ3) is 3.37. The van der Waals surface area contributed by atoms with Gasteiger partial charge in [-0.3, -0.25) is 4.72 Å². The van der Waals surface area contributed by atoms with Crippen molar-refractivity contribution in [1.29, 1.82) is 0 Å². The number of benzene rings is 2. The van der Waals surface area contributed by atoms with E-state index in [1.54, 1.807) is 0 Å². The van der Waals surface area contributed by atoms with Crippen molar-refractivity contribution in [3.05, 3.63) is 41.4 Å². The Morgan fingerprint density at radius 3 is 2.36 bits per heavy atom. The van der Waals surface area contributed by atoms with E-state index in [-0.39, 0.29) is 22.1 Å². The topological polar surface area (TPSA) is 84.9 Å². The van der Waals surface area contributed by atoms with Crippen LogP contribution >= 0.6 is 11.6 Å². The highest BCUT2D eigenvalue weighted by Gasteiger charge is 2.18. The van der Waals surface area contributed by atoms with Crippen molar-refractivity contribution in [2.24, 2.45) is 0 Å². The molecule has 0 fully saturated rings. The van der Waals surface area contributed by atoms with E-state index >= 15 is 0 Å². The number of nitrogens with one attached hydrogen (secondary N) is 1. The smallest absolute Gasteiger partial charge is 0.262 e. The molecule has 0 saturated heterocycles. The fourth-order valence-corrected chi connectivity index (χ4v) is 3.03. The Labute approximate surface area is 133 Å². The largest absolute Gasteiger partial charge is 0.506 e. The van der Waals surface area contributed by atoms with E-state index in [1.807, 2.05) is 0 Å². The summed E-state index contributed by atoms with van der Waals surface area (Å²) < 4.78 is 37.2. The quantitative estimate of drug-likeness (QED) is 0.815. The predicted molar refractivity (Wildman–Crippen MR) is 83.5 cm³/mol. The molecular weight excluding hydrogens is 330 g/mol. The van der Waals surface area contributed by atoms with Crippen molar-refractivity contribution < 1.29 is 23.0 Å². The van der Waals surface area contributed by atoms with Crippen LogP contribution in [0.15, 0.2) is 41.3 Å². The number of hydrogen-bond acceptors (Lipinski definition) is 5. The highest BCUT2D eigenvalue weighted by atomic mass is 35.5. The van der Waals surface area contributed by atoms with E-state index in [9.17, 15) is 13.5 Å². The maximum Gasteiger partial charge on any atom is 0.262 e. The summed E-state index contributed by atoms with van der Waals surface area (Å²) in [4.78, 5) is -0.0375. The normalized spacial score (nSPS) is 11.0. The molecule has 0 heterocycles. The molecule has 2 N–H and O–H groups in total. The van der Waals surface area contributed by atoms with E-state index in [2.05, 4.69) is 4.72 Å². The number of rotatable bonds is 5. The summed E-state index contributed by atoms with van der Waals surface area (Å²) in [6.07, 6.45) is 0. The molecule has 6 nitrogen and oxygen atoms in total. The van der Waals surface area contributed by atoms with Gasteiger partial charge in [-0.25, -0.2) is 8.42 Å². The van der Waals surface area contributed by atoms with Crippen LogP contribution in [0.25, 0.3) is 0 Å². The molecule has 0 aliphatic carbocycles. The lowest BCUT2D eigenvalue weighted by atomic mass is 10.3. The Morgan fingerprint density at radius 2 is 1.73 bits per heavy atom. The summed E-state index contributed by atoms with van der Waals surface area (Å²) in [5.74, 6) is 0.459. The fraction of sp³-hybridized carbons (Fsp3) is 0.143. The lowest BCUT2D eigenvalue weighted by molar-refractivity contribution is 0.354. The molecule has 2 aromatic carbocycles. The first-order valence-electron chi connectivity index (χ1n) is 6.10. The lowest BCUT2D eigenvalue weighted by Gasteiger charge is -2.12. The molecular formula is C14H14ClNO5S. The maximum atomic E-state index is 12.4. The second-order valence-corrected chi connectivity index (χ2v) is 6.40. The minimum atomic E-state index is -3.91. The van der Waals surface area contributed by atoms with Crippen LogP contribution in [0, 0.1) is 0 Å². The van der Waals surface area contributed by atoms with Crippen LogP contribution in [0.2, 0.25) is 5.02 Å². The Morgan fingerprint density at radius 1 is 1.05 bits per heavy atom. The minimum Gasteiger partial charge on any atom is -0.506 e. The molecule has 2 aromatic rings. The van der Waals surface area contributed by atoms with Gasteiger partial charge in [0.25, 0.3) is 10.0 Å². The van der Waals surface area contributed by atoms with Crippen molar-refractivity contribution in [1.82, 2.24) is 0 Å². The summed E-state index contributed by atoms with van der Waals surface area (Å²) in [5, 5.41) is 9.99. The van der Waals surface area contributed by atoms with Crippen LogP contribution < -0.4 is 14.2 Å². The average molecular weight is 344 g/mol. The van der Waals surface area contributed by atoms with E-state index in [1.165, 1.54) is 50.6 Å². The van der Waals surface area contributed by atoms with Crippen LogP contribution in [0.3, 0.4) is 0 Å². The van der Waals surface area contributed by atoms with E-state index < -0.39 is 10.0 Å². The third-order valence-electron chi connectivity index (χ3n) is 2.87. The molecule has 118 valence electrons. The Hall–Kier alpha value is -2.12.